The van der Waals surface area contributed by atoms with Crippen LogP contribution in [-0.4, -0.2) is 23.3 Å². The fraction of sp³-hybridized carbons (Fsp3) is 0.368. The average molecular weight is 340 g/mol. The molecule has 0 unspecified atom stereocenters. The third-order valence-electron chi connectivity index (χ3n) is 4.65. The van der Waals surface area contributed by atoms with Gasteiger partial charge in [0.1, 0.15) is 0 Å². The SMILES string of the molecule is O=C(Nc1cccc(CN2CCCC2=O)c1)c1sccc1C1CC1. The summed E-state index contributed by atoms with van der Waals surface area (Å²) in [4.78, 5) is 27.0. The second kappa shape index (κ2) is 6.40. The van der Waals surface area contributed by atoms with Gasteiger partial charge in [-0.2, -0.15) is 0 Å². The molecule has 1 aromatic heterocycles. The van der Waals surface area contributed by atoms with E-state index in [2.05, 4.69) is 11.4 Å². The number of likely N-dealkylation sites (tertiary alicyclic amines) is 1. The fourth-order valence-corrected chi connectivity index (χ4v) is 4.13. The molecule has 0 radical (unpaired) electrons. The molecule has 5 heteroatoms. The van der Waals surface area contributed by atoms with E-state index in [0.717, 1.165) is 29.1 Å². The lowest BCUT2D eigenvalue weighted by Gasteiger charge is -2.16. The minimum atomic E-state index is -0.0266. The highest BCUT2D eigenvalue weighted by atomic mass is 32.1. The van der Waals surface area contributed by atoms with Crippen molar-refractivity contribution in [1.82, 2.24) is 4.90 Å². The van der Waals surface area contributed by atoms with Crippen molar-refractivity contribution in [3.63, 3.8) is 0 Å². The summed E-state index contributed by atoms with van der Waals surface area (Å²) in [5.41, 5.74) is 3.03. The number of carbonyl (C=O) groups is 2. The lowest BCUT2D eigenvalue weighted by atomic mass is 10.1. The highest BCUT2D eigenvalue weighted by Crippen LogP contribution is 2.43. The molecule has 124 valence electrons. The Morgan fingerprint density at radius 1 is 1.29 bits per heavy atom. The van der Waals surface area contributed by atoms with Crippen LogP contribution in [0.4, 0.5) is 5.69 Å². The smallest absolute Gasteiger partial charge is 0.266 e. The Morgan fingerprint density at radius 3 is 2.92 bits per heavy atom. The van der Waals surface area contributed by atoms with Gasteiger partial charge in [0.2, 0.25) is 5.91 Å². The van der Waals surface area contributed by atoms with E-state index in [9.17, 15) is 9.59 Å². The molecule has 2 aliphatic rings. The Labute approximate surface area is 145 Å². The summed E-state index contributed by atoms with van der Waals surface area (Å²) in [7, 11) is 0. The molecule has 1 N–H and O–H groups in total. The molecule has 24 heavy (non-hydrogen) atoms. The van der Waals surface area contributed by atoms with Crippen molar-refractivity contribution in [2.75, 3.05) is 11.9 Å². The second-order valence-electron chi connectivity index (χ2n) is 6.55. The van der Waals surface area contributed by atoms with Crippen LogP contribution in [0.2, 0.25) is 0 Å². The monoisotopic (exact) mass is 340 g/mol. The van der Waals surface area contributed by atoms with E-state index in [4.69, 9.17) is 0 Å². The normalized spacial score (nSPS) is 17.3. The van der Waals surface area contributed by atoms with Crippen LogP contribution in [-0.2, 0) is 11.3 Å². The number of amides is 2. The number of benzene rings is 1. The van der Waals surface area contributed by atoms with Crippen molar-refractivity contribution >= 4 is 28.8 Å². The van der Waals surface area contributed by atoms with Gasteiger partial charge in [-0.15, -0.1) is 11.3 Å². The van der Waals surface area contributed by atoms with Crippen LogP contribution in [0.3, 0.4) is 0 Å². The summed E-state index contributed by atoms with van der Waals surface area (Å²) in [6.07, 6.45) is 3.98. The van der Waals surface area contributed by atoms with Gasteiger partial charge < -0.3 is 10.2 Å². The molecule has 2 aromatic rings. The third kappa shape index (κ3) is 3.22. The largest absolute Gasteiger partial charge is 0.338 e. The summed E-state index contributed by atoms with van der Waals surface area (Å²) in [6.45, 7) is 1.45. The van der Waals surface area contributed by atoms with Crippen LogP contribution >= 0.6 is 11.3 Å². The van der Waals surface area contributed by atoms with E-state index in [0.29, 0.717) is 18.9 Å². The first-order valence-corrected chi connectivity index (χ1v) is 9.34. The molecule has 1 aromatic carbocycles. The number of thiophene rings is 1. The summed E-state index contributed by atoms with van der Waals surface area (Å²) in [5.74, 6) is 0.767. The molecule has 2 fully saturated rings. The van der Waals surface area contributed by atoms with Crippen molar-refractivity contribution in [3.05, 3.63) is 51.7 Å². The maximum atomic E-state index is 12.6. The van der Waals surface area contributed by atoms with Crippen molar-refractivity contribution in [1.29, 1.82) is 0 Å². The number of rotatable bonds is 5. The predicted molar refractivity (Wildman–Crippen MR) is 95.3 cm³/mol. The molecule has 1 saturated heterocycles. The molecule has 2 heterocycles. The van der Waals surface area contributed by atoms with E-state index in [1.54, 1.807) is 0 Å². The van der Waals surface area contributed by atoms with Gasteiger partial charge in [0.25, 0.3) is 5.91 Å². The summed E-state index contributed by atoms with van der Waals surface area (Å²) in [5, 5.41) is 5.01. The molecule has 4 nitrogen and oxygen atoms in total. The van der Waals surface area contributed by atoms with Crippen molar-refractivity contribution in [2.45, 2.75) is 38.1 Å². The molecule has 0 atom stereocenters. The Morgan fingerprint density at radius 2 is 2.17 bits per heavy atom. The van der Waals surface area contributed by atoms with Crippen LogP contribution in [0.5, 0.6) is 0 Å². The van der Waals surface area contributed by atoms with Crippen molar-refractivity contribution < 1.29 is 9.59 Å². The molecule has 1 saturated carbocycles. The Balaban J connectivity index is 1.46. The van der Waals surface area contributed by atoms with Gasteiger partial charge in [-0.25, -0.2) is 0 Å². The molecule has 0 bridgehead atoms. The number of carbonyl (C=O) groups excluding carboxylic acids is 2. The first-order valence-electron chi connectivity index (χ1n) is 8.46. The standard InChI is InChI=1S/C19H20N2O2S/c22-17-5-2-9-21(17)12-13-3-1-4-15(11-13)20-19(23)18-16(8-10-24-18)14-6-7-14/h1,3-4,8,10-11,14H,2,5-7,9,12H2,(H,20,23). The quantitative estimate of drug-likeness (QED) is 0.894. The van der Waals surface area contributed by atoms with Crippen LogP contribution < -0.4 is 5.32 Å². The van der Waals surface area contributed by atoms with E-state index >= 15 is 0 Å². The zero-order valence-electron chi connectivity index (χ0n) is 13.5. The van der Waals surface area contributed by atoms with E-state index in [1.807, 2.05) is 34.5 Å². The predicted octanol–water partition coefficient (Wildman–Crippen LogP) is 4.00. The number of hydrogen-bond donors (Lipinski definition) is 1. The number of nitrogens with one attached hydrogen (secondary N) is 1. The zero-order chi connectivity index (χ0) is 16.5. The summed E-state index contributed by atoms with van der Waals surface area (Å²) < 4.78 is 0. The Kier molecular flexibility index (Phi) is 4.10. The maximum absolute atomic E-state index is 12.6. The Hall–Kier alpha value is -2.14. The molecule has 2 amide bonds. The van der Waals surface area contributed by atoms with Crippen molar-refractivity contribution in [3.8, 4) is 0 Å². The second-order valence-corrected chi connectivity index (χ2v) is 7.47. The van der Waals surface area contributed by atoms with Gasteiger partial charge >= 0.3 is 0 Å². The fourth-order valence-electron chi connectivity index (χ4n) is 3.25. The number of nitrogens with zero attached hydrogens (tertiary/aromatic N) is 1. The Bertz CT molecular complexity index is 779. The number of hydrogen-bond acceptors (Lipinski definition) is 3. The molecule has 1 aliphatic heterocycles. The molecular weight excluding hydrogens is 320 g/mol. The molecular formula is C19H20N2O2S. The lowest BCUT2D eigenvalue weighted by Crippen LogP contribution is -2.23. The van der Waals surface area contributed by atoms with Crippen LogP contribution in [0.25, 0.3) is 0 Å². The average Bonchev–Trinajstić information content (AvgIpc) is 3.16. The van der Waals surface area contributed by atoms with Gasteiger partial charge in [0.05, 0.1) is 4.88 Å². The summed E-state index contributed by atoms with van der Waals surface area (Å²) in [6, 6.07) is 9.88. The third-order valence-corrected chi connectivity index (χ3v) is 5.58. The zero-order valence-corrected chi connectivity index (χ0v) is 14.3. The molecule has 1 aliphatic carbocycles. The van der Waals surface area contributed by atoms with Crippen LogP contribution in [0.15, 0.2) is 35.7 Å². The van der Waals surface area contributed by atoms with Crippen molar-refractivity contribution in [2.24, 2.45) is 0 Å². The molecule has 4 rings (SSSR count). The summed E-state index contributed by atoms with van der Waals surface area (Å²) >= 11 is 1.51. The van der Waals surface area contributed by atoms with Gasteiger partial charge in [0, 0.05) is 25.2 Å². The van der Waals surface area contributed by atoms with E-state index in [-0.39, 0.29) is 11.8 Å². The highest BCUT2D eigenvalue weighted by Gasteiger charge is 2.29. The van der Waals surface area contributed by atoms with Crippen LogP contribution in [0, 0.1) is 0 Å². The maximum Gasteiger partial charge on any atom is 0.266 e. The lowest BCUT2D eigenvalue weighted by molar-refractivity contribution is -0.128. The first kappa shape index (κ1) is 15.4. The van der Waals surface area contributed by atoms with Gasteiger partial charge in [-0.1, -0.05) is 12.1 Å². The number of anilines is 1. The minimum absolute atomic E-state index is 0.0266. The van der Waals surface area contributed by atoms with Gasteiger partial charge in [-0.05, 0) is 59.9 Å². The van der Waals surface area contributed by atoms with E-state index < -0.39 is 0 Å². The molecule has 0 spiro atoms. The highest BCUT2D eigenvalue weighted by molar-refractivity contribution is 7.12. The first-order chi connectivity index (χ1) is 11.7. The van der Waals surface area contributed by atoms with Gasteiger partial charge in [-0.3, -0.25) is 9.59 Å². The topological polar surface area (TPSA) is 49.4 Å². The minimum Gasteiger partial charge on any atom is -0.338 e. The van der Waals surface area contributed by atoms with Gasteiger partial charge in [0.15, 0.2) is 0 Å². The van der Waals surface area contributed by atoms with Crippen LogP contribution in [0.1, 0.15) is 52.4 Å². The van der Waals surface area contributed by atoms with E-state index in [1.165, 1.54) is 29.7 Å².